The molecule has 5 unspecified atom stereocenters. The van der Waals surface area contributed by atoms with Crippen LogP contribution in [0.2, 0.25) is 0 Å². The third kappa shape index (κ3) is 13.1. The van der Waals surface area contributed by atoms with Gasteiger partial charge in [0, 0.05) is 39.4 Å². The predicted octanol–water partition coefficient (Wildman–Crippen LogP) is 2.40. The molecule has 9 heteroatoms. The molecule has 0 heterocycles. The summed E-state index contributed by atoms with van der Waals surface area (Å²) >= 11 is 0. The number of aliphatic hydroxyl groups is 2. The van der Waals surface area contributed by atoms with E-state index in [4.69, 9.17) is 12.8 Å². The van der Waals surface area contributed by atoms with Crippen LogP contribution in [0.3, 0.4) is 0 Å². The van der Waals surface area contributed by atoms with E-state index in [0.717, 1.165) is 31.2 Å². The van der Waals surface area contributed by atoms with Crippen LogP contribution in [-0.2, 0) is 20.8 Å². The fourth-order valence-corrected chi connectivity index (χ4v) is 5.74. The van der Waals surface area contributed by atoms with Crippen molar-refractivity contribution in [1.82, 2.24) is 20.9 Å². The number of hydrogen-bond donors (Lipinski definition) is 5. The summed E-state index contributed by atoms with van der Waals surface area (Å²) < 4.78 is 0. The van der Waals surface area contributed by atoms with Gasteiger partial charge in [0.15, 0.2) is 0 Å². The summed E-state index contributed by atoms with van der Waals surface area (Å²) in [7, 11) is 3.50. The van der Waals surface area contributed by atoms with Crippen LogP contribution >= 0.6 is 0 Å². The molecular formula is C35H52N4O5. The van der Waals surface area contributed by atoms with E-state index >= 15 is 0 Å². The van der Waals surface area contributed by atoms with Gasteiger partial charge in [0.25, 0.3) is 0 Å². The molecule has 242 valence electrons. The molecule has 1 aromatic rings. The Kier molecular flexibility index (Phi) is 17.2. The Balaban J connectivity index is 2.20. The van der Waals surface area contributed by atoms with Gasteiger partial charge in [0.2, 0.25) is 17.7 Å². The molecule has 3 amide bonds. The lowest BCUT2D eigenvalue weighted by Gasteiger charge is -2.33. The molecule has 1 aromatic carbocycles. The summed E-state index contributed by atoms with van der Waals surface area (Å²) in [5.41, 5.74) is 0.894. The van der Waals surface area contributed by atoms with Gasteiger partial charge in [0.05, 0.1) is 24.2 Å². The summed E-state index contributed by atoms with van der Waals surface area (Å²) in [6, 6.07) is 7.64. The molecule has 9 nitrogen and oxygen atoms in total. The van der Waals surface area contributed by atoms with E-state index in [1.807, 2.05) is 30.3 Å². The van der Waals surface area contributed by atoms with Gasteiger partial charge in [0.1, 0.15) is 6.04 Å². The molecule has 0 spiro atoms. The zero-order chi connectivity index (χ0) is 32.3. The minimum atomic E-state index is -1.20. The third-order valence-corrected chi connectivity index (χ3v) is 8.46. The summed E-state index contributed by atoms with van der Waals surface area (Å²) in [4.78, 5) is 41.9. The number of aliphatic hydroxyl groups excluding tert-OH is 2. The van der Waals surface area contributed by atoms with Crippen molar-refractivity contribution in [2.75, 3.05) is 27.2 Å². The second-order valence-corrected chi connectivity index (χ2v) is 12.0. The van der Waals surface area contributed by atoms with Gasteiger partial charge in [-0.25, -0.2) is 0 Å². The average molecular weight is 609 g/mol. The number of terminal acetylenes is 2. The molecule has 5 N–H and O–H groups in total. The van der Waals surface area contributed by atoms with Crippen LogP contribution in [0.25, 0.3) is 0 Å². The minimum absolute atomic E-state index is 0.0296. The number of rotatable bonds is 19. The highest BCUT2D eigenvalue weighted by Gasteiger charge is 2.33. The number of carbonyl (C=O) groups excluding carboxylic acids is 3. The molecule has 44 heavy (non-hydrogen) atoms. The van der Waals surface area contributed by atoms with Gasteiger partial charge in [-0.1, -0.05) is 62.4 Å². The lowest BCUT2D eigenvalue weighted by Crippen LogP contribution is -2.56. The molecule has 1 saturated carbocycles. The molecule has 2 rings (SSSR count). The first kappa shape index (κ1) is 36.8. The summed E-state index contributed by atoms with van der Waals surface area (Å²) in [6.45, 7) is 1.12. The molecule has 0 saturated heterocycles. The maximum Gasteiger partial charge on any atom is 0.243 e. The molecule has 0 aromatic heterocycles. The normalized spacial score (nSPS) is 16.8. The van der Waals surface area contributed by atoms with Crippen molar-refractivity contribution in [2.24, 2.45) is 11.8 Å². The van der Waals surface area contributed by atoms with Crippen molar-refractivity contribution in [2.45, 2.75) is 101 Å². The fourth-order valence-electron chi connectivity index (χ4n) is 5.74. The molecule has 5 atom stereocenters. The average Bonchev–Trinajstić information content (AvgIpc) is 3.03. The molecule has 1 aliphatic carbocycles. The minimum Gasteiger partial charge on any atom is -0.390 e. The Hall–Kier alpha value is -3.37. The SMILES string of the molecule is C#CCCCC(O)C(O)C(CC1CCCCC1)NC(=O)C(CC#C)NC(=O)C(CC(=O)N(C)CCNC)Cc1ccccc1. The second-order valence-electron chi connectivity index (χ2n) is 12.0. The Morgan fingerprint density at radius 1 is 1.02 bits per heavy atom. The van der Waals surface area contributed by atoms with Gasteiger partial charge in [-0.15, -0.1) is 24.7 Å². The smallest absolute Gasteiger partial charge is 0.243 e. The van der Waals surface area contributed by atoms with E-state index in [2.05, 4.69) is 27.8 Å². The van der Waals surface area contributed by atoms with Gasteiger partial charge in [-0.05, 0) is 44.2 Å². The highest BCUT2D eigenvalue weighted by atomic mass is 16.3. The topological polar surface area (TPSA) is 131 Å². The Bertz CT molecular complexity index is 1090. The maximum atomic E-state index is 13.7. The number of benzene rings is 1. The first-order valence-electron chi connectivity index (χ1n) is 16.0. The Morgan fingerprint density at radius 2 is 1.73 bits per heavy atom. The van der Waals surface area contributed by atoms with E-state index in [9.17, 15) is 24.6 Å². The maximum absolute atomic E-state index is 13.7. The van der Waals surface area contributed by atoms with Crippen LogP contribution in [0.5, 0.6) is 0 Å². The van der Waals surface area contributed by atoms with Crippen molar-refractivity contribution >= 4 is 17.7 Å². The number of amides is 3. The van der Waals surface area contributed by atoms with E-state index in [1.54, 1.807) is 19.0 Å². The first-order chi connectivity index (χ1) is 21.2. The van der Waals surface area contributed by atoms with Crippen molar-refractivity contribution in [1.29, 1.82) is 0 Å². The van der Waals surface area contributed by atoms with Gasteiger partial charge in [-0.2, -0.15) is 0 Å². The number of nitrogens with zero attached hydrogens (tertiary/aromatic N) is 1. The van der Waals surface area contributed by atoms with Crippen molar-refractivity contribution in [3.8, 4) is 24.7 Å². The summed E-state index contributed by atoms with van der Waals surface area (Å²) in [5, 5.41) is 30.6. The monoisotopic (exact) mass is 608 g/mol. The molecular weight excluding hydrogens is 556 g/mol. The molecule has 0 bridgehead atoms. The van der Waals surface area contributed by atoms with Gasteiger partial charge >= 0.3 is 0 Å². The fraction of sp³-hybridized carbons (Fsp3) is 0.629. The number of carbonyl (C=O) groups is 3. The number of unbranched alkanes of at least 4 members (excludes halogenated alkanes) is 1. The second kappa shape index (κ2) is 20.6. The largest absolute Gasteiger partial charge is 0.390 e. The zero-order valence-corrected chi connectivity index (χ0v) is 26.5. The number of hydrogen-bond acceptors (Lipinski definition) is 6. The molecule has 1 aliphatic rings. The highest BCUT2D eigenvalue weighted by molar-refractivity contribution is 5.91. The molecule has 1 fully saturated rings. The van der Waals surface area contributed by atoms with Crippen LogP contribution in [0.4, 0.5) is 0 Å². The Labute approximate surface area is 263 Å². The van der Waals surface area contributed by atoms with Crippen LogP contribution in [0, 0.1) is 36.5 Å². The quantitative estimate of drug-likeness (QED) is 0.121. The summed E-state index contributed by atoms with van der Waals surface area (Å²) in [6.07, 6.45) is 16.1. The first-order valence-corrected chi connectivity index (χ1v) is 16.0. The van der Waals surface area contributed by atoms with Gasteiger partial charge < -0.3 is 31.1 Å². The number of nitrogens with one attached hydrogen (secondary N) is 3. The van der Waals surface area contributed by atoms with Crippen LogP contribution in [0.15, 0.2) is 30.3 Å². The van der Waals surface area contributed by atoms with E-state index in [1.165, 1.54) is 6.42 Å². The van der Waals surface area contributed by atoms with Crippen LogP contribution in [-0.4, -0.2) is 84.3 Å². The van der Waals surface area contributed by atoms with Gasteiger partial charge in [-0.3, -0.25) is 14.4 Å². The van der Waals surface area contributed by atoms with Crippen LogP contribution < -0.4 is 16.0 Å². The Morgan fingerprint density at radius 3 is 2.36 bits per heavy atom. The van der Waals surface area contributed by atoms with E-state index in [0.29, 0.717) is 51.1 Å². The lowest BCUT2D eigenvalue weighted by atomic mass is 9.82. The van der Waals surface area contributed by atoms with Crippen molar-refractivity contribution < 1.29 is 24.6 Å². The predicted molar refractivity (Wildman–Crippen MR) is 173 cm³/mol. The third-order valence-electron chi connectivity index (χ3n) is 8.46. The van der Waals surface area contributed by atoms with Crippen LogP contribution in [0.1, 0.15) is 76.2 Å². The molecule has 0 radical (unpaired) electrons. The van der Waals surface area contributed by atoms with Crippen molar-refractivity contribution in [3.05, 3.63) is 35.9 Å². The summed E-state index contributed by atoms with van der Waals surface area (Å²) in [5.74, 6) is 3.45. The lowest BCUT2D eigenvalue weighted by molar-refractivity contribution is -0.136. The van der Waals surface area contributed by atoms with Crippen molar-refractivity contribution in [3.63, 3.8) is 0 Å². The highest BCUT2D eigenvalue weighted by Crippen LogP contribution is 2.29. The number of likely N-dealkylation sites (N-methyl/N-ethyl adjacent to an activating group) is 2. The van der Waals surface area contributed by atoms with E-state index < -0.39 is 42.0 Å². The standard InChI is InChI=1S/C35H52N4O5/c1-5-7-10-20-31(40)33(42)30(24-27-18-13-9-14-19-27)38-35(44)29(15-6-2)37-34(43)28(23-26-16-11-8-12-17-26)25-32(41)39(4)22-21-36-3/h1-2,8,11-12,16-17,27-31,33,36,40,42H,7,9-10,13-15,18-25H2,3-4H3,(H,37,43)(H,38,44). The zero-order valence-electron chi connectivity index (χ0n) is 26.5. The van der Waals surface area contributed by atoms with E-state index in [-0.39, 0.29) is 18.7 Å². The molecule has 0 aliphatic heterocycles.